The van der Waals surface area contributed by atoms with Crippen LogP contribution in [-0.4, -0.2) is 43.4 Å². The quantitative estimate of drug-likeness (QED) is 0.555. The molecule has 0 N–H and O–H groups in total. The van der Waals surface area contributed by atoms with Crippen LogP contribution in [-0.2, 0) is 4.74 Å². The predicted molar refractivity (Wildman–Crippen MR) is 40.0 cm³/mol. The highest BCUT2D eigenvalue weighted by Crippen LogP contribution is 2.18. The molecule has 63 valence electrons. The average Bonchev–Trinajstić information content (AvgIpc) is 1.83. The van der Waals surface area contributed by atoms with Crippen LogP contribution in [0.3, 0.4) is 0 Å². The highest BCUT2D eigenvalue weighted by atomic mass is 19.1. The lowest BCUT2D eigenvalue weighted by atomic mass is 10.1. The molecule has 1 radical (unpaired) electrons. The van der Waals surface area contributed by atoms with E-state index in [0.717, 1.165) is 26.2 Å². The molecule has 3 heteroatoms. The number of halogens is 1. The van der Waals surface area contributed by atoms with Gasteiger partial charge in [-0.2, -0.15) is 0 Å². The van der Waals surface area contributed by atoms with Gasteiger partial charge in [-0.1, -0.05) is 0 Å². The van der Waals surface area contributed by atoms with Crippen LogP contribution >= 0.6 is 0 Å². The van der Waals surface area contributed by atoms with Crippen molar-refractivity contribution in [2.24, 2.45) is 0 Å². The molecule has 2 aliphatic heterocycles. The van der Waals surface area contributed by atoms with Crippen molar-refractivity contribution >= 4 is 0 Å². The van der Waals surface area contributed by atoms with Gasteiger partial charge in [-0.25, -0.2) is 4.39 Å². The van der Waals surface area contributed by atoms with E-state index in [1.54, 1.807) is 6.42 Å². The number of hydrogen-bond donors (Lipinski definition) is 0. The lowest BCUT2D eigenvalue weighted by Gasteiger charge is -2.40. The van der Waals surface area contributed by atoms with E-state index in [1.165, 1.54) is 0 Å². The van der Waals surface area contributed by atoms with E-state index in [1.807, 2.05) is 0 Å². The summed E-state index contributed by atoms with van der Waals surface area (Å²) in [6.07, 6.45) is 1.93. The SMILES string of the molecule is F[C@@H]1[CH]CCN(C2COC2)C1. The molecule has 11 heavy (non-hydrogen) atoms. The van der Waals surface area contributed by atoms with Crippen molar-refractivity contribution in [3.05, 3.63) is 6.42 Å². The van der Waals surface area contributed by atoms with Gasteiger partial charge in [0, 0.05) is 6.54 Å². The zero-order chi connectivity index (χ0) is 7.68. The standard InChI is InChI=1S/C8H13FNO/c9-7-2-1-3-10(4-7)8-5-11-6-8/h2,7-8H,1,3-6H2/t7-/m1/s1. The van der Waals surface area contributed by atoms with E-state index < -0.39 is 6.17 Å². The number of likely N-dealkylation sites (tertiary alicyclic amines) is 1. The van der Waals surface area contributed by atoms with E-state index in [0.29, 0.717) is 12.6 Å². The van der Waals surface area contributed by atoms with Crippen LogP contribution in [0, 0.1) is 6.42 Å². The number of piperidine rings is 1. The molecule has 0 spiro atoms. The number of hydrogen-bond acceptors (Lipinski definition) is 2. The number of rotatable bonds is 1. The average molecular weight is 158 g/mol. The van der Waals surface area contributed by atoms with Gasteiger partial charge in [0.15, 0.2) is 0 Å². The first-order valence-electron chi connectivity index (χ1n) is 4.15. The van der Waals surface area contributed by atoms with Crippen molar-refractivity contribution in [2.45, 2.75) is 18.6 Å². The molecule has 0 bridgehead atoms. The third kappa shape index (κ3) is 1.54. The Bertz CT molecular complexity index is 138. The molecule has 2 fully saturated rings. The molecular formula is C8H13FNO. The predicted octanol–water partition coefficient (Wildman–Crippen LogP) is 0.633. The van der Waals surface area contributed by atoms with Gasteiger partial charge in [-0.15, -0.1) is 0 Å². The first kappa shape index (κ1) is 7.50. The second-order valence-corrected chi connectivity index (χ2v) is 3.23. The fourth-order valence-electron chi connectivity index (χ4n) is 1.58. The van der Waals surface area contributed by atoms with Crippen LogP contribution in [0.5, 0.6) is 0 Å². The Kier molecular flexibility index (Phi) is 2.09. The van der Waals surface area contributed by atoms with Crippen LogP contribution < -0.4 is 0 Å². The summed E-state index contributed by atoms with van der Waals surface area (Å²) in [6.45, 7) is 3.18. The summed E-state index contributed by atoms with van der Waals surface area (Å²) >= 11 is 0. The van der Waals surface area contributed by atoms with Gasteiger partial charge in [0.1, 0.15) is 6.17 Å². The summed E-state index contributed by atoms with van der Waals surface area (Å²) in [5.41, 5.74) is 0. The van der Waals surface area contributed by atoms with Crippen molar-refractivity contribution in [3.8, 4) is 0 Å². The highest BCUT2D eigenvalue weighted by molar-refractivity contribution is 4.90. The van der Waals surface area contributed by atoms with E-state index in [2.05, 4.69) is 4.90 Å². The van der Waals surface area contributed by atoms with E-state index >= 15 is 0 Å². The minimum atomic E-state index is -0.718. The van der Waals surface area contributed by atoms with Crippen LogP contribution in [0.2, 0.25) is 0 Å². The van der Waals surface area contributed by atoms with Gasteiger partial charge in [-0.3, -0.25) is 4.90 Å². The lowest BCUT2D eigenvalue weighted by Crippen LogP contribution is -2.53. The second-order valence-electron chi connectivity index (χ2n) is 3.23. The van der Waals surface area contributed by atoms with Gasteiger partial charge < -0.3 is 4.74 Å². The molecule has 2 heterocycles. The monoisotopic (exact) mass is 158 g/mol. The maximum atomic E-state index is 12.8. The van der Waals surface area contributed by atoms with Gasteiger partial charge in [0.05, 0.1) is 19.3 Å². The summed E-state index contributed by atoms with van der Waals surface area (Å²) in [7, 11) is 0. The minimum absolute atomic E-state index is 0.502. The summed E-state index contributed by atoms with van der Waals surface area (Å²) in [5.74, 6) is 0. The number of ether oxygens (including phenoxy) is 1. The molecule has 2 saturated heterocycles. The zero-order valence-corrected chi connectivity index (χ0v) is 6.50. The van der Waals surface area contributed by atoms with Crippen molar-refractivity contribution in [1.82, 2.24) is 4.90 Å². The van der Waals surface area contributed by atoms with Crippen molar-refractivity contribution in [3.63, 3.8) is 0 Å². The fraction of sp³-hybridized carbons (Fsp3) is 0.875. The number of nitrogens with zero attached hydrogens (tertiary/aromatic N) is 1. The molecular weight excluding hydrogens is 145 g/mol. The molecule has 2 nitrogen and oxygen atoms in total. The topological polar surface area (TPSA) is 12.5 Å². The first-order chi connectivity index (χ1) is 5.36. The third-order valence-electron chi connectivity index (χ3n) is 2.38. The van der Waals surface area contributed by atoms with E-state index in [9.17, 15) is 4.39 Å². The normalized spacial score (nSPS) is 35.2. The maximum Gasteiger partial charge on any atom is 0.116 e. The van der Waals surface area contributed by atoms with Crippen LogP contribution in [0.1, 0.15) is 6.42 Å². The first-order valence-corrected chi connectivity index (χ1v) is 4.15. The van der Waals surface area contributed by atoms with Gasteiger partial charge in [0.25, 0.3) is 0 Å². The smallest absolute Gasteiger partial charge is 0.116 e. The van der Waals surface area contributed by atoms with Gasteiger partial charge in [0.2, 0.25) is 0 Å². The van der Waals surface area contributed by atoms with E-state index in [4.69, 9.17) is 4.74 Å². The van der Waals surface area contributed by atoms with Gasteiger partial charge >= 0.3 is 0 Å². The van der Waals surface area contributed by atoms with Crippen LogP contribution in [0.4, 0.5) is 4.39 Å². The Morgan fingerprint density at radius 3 is 2.82 bits per heavy atom. The summed E-state index contributed by atoms with van der Waals surface area (Å²) in [5, 5.41) is 0. The summed E-state index contributed by atoms with van der Waals surface area (Å²) < 4.78 is 17.9. The van der Waals surface area contributed by atoms with Crippen LogP contribution in [0.15, 0.2) is 0 Å². The molecule has 0 saturated carbocycles. The van der Waals surface area contributed by atoms with Crippen LogP contribution in [0.25, 0.3) is 0 Å². The molecule has 2 rings (SSSR count). The van der Waals surface area contributed by atoms with Crippen molar-refractivity contribution < 1.29 is 9.13 Å². The molecule has 0 aromatic rings. The molecule has 0 aliphatic carbocycles. The zero-order valence-electron chi connectivity index (χ0n) is 6.50. The Morgan fingerprint density at radius 1 is 1.45 bits per heavy atom. The Morgan fingerprint density at radius 2 is 2.27 bits per heavy atom. The van der Waals surface area contributed by atoms with Crippen molar-refractivity contribution in [2.75, 3.05) is 26.3 Å². The molecule has 0 unspecified atom stereocenters. The lowest BCUT2D eigenvalue weighted by molar-refractivity contribution is -0.0735. The molecule has 0 aromatic carbocycles. The summed E-state index contributed by atoms with van der Waals surface area (Å²) in [4.78, 5) is 2.19. The minimum Gasteiger partial charge on any atom is -0.378 e. The molecule has 0 aromatic heterocycles. The molecule has 1 atom stereocenters. The Balaban J connectivity index is 1.82. The van der Waals surface area contributed by atoms with Crippen molar-refractivity contribution in [1.29, 1.82) is 0 Å². The molecule has 0 amide bonds. The highest BCUT2D eigenvalue weighted by Gasteiger charge is 2.30. The van der Waals surface area contributed by atoms with E-state index in [-0.39, 0.29) is 0 Å². The largest absolute Gasteiger partial charge is 0.378 e. The molecule has 2 aliphatic rings. The maximum absolute atomic E-state index is 12.8. The Labute approximate surface area is 66.3 Å². The number of alkyl halides is 1. The van der Waals surface area contributed by atoms with Gasteiger partial charge in [-0.05, 0) is 19.4 Å². The second kappa shape index (κ2) is 3.07. The Hall–Kier alpha value is -0.150. The fourth-order valence-corrected chi connectivity index (χ4v) is 1.58. The third-order valence-corrected chi connectivity index (χ3v) is 2.38. The summed E-state index contributed by atoms with van der Waals surface area (Å²) in [6, 6.07) is 0.502.